The summed E-state index contributed by atoms with van der Waals surface area (Å²) in [6.45, 7) is 7.51. The third-order valence-corrected chi connectivity index (χ3v) is 3.45. The molecule has 1 aromatic rings. The van der Waals surface area contributed by atoms with Gasteiger partial charge in [-0.2, -0.15) is 4.98 Å². The molecule has 0 radical (unpaired) electrons. The minimum absolute atomic E-state index is 0.612. The molecule has 1 saturated heterocycles. The van der Waals surface area contributed by atoms with E-state index in [1.54, 1.807) is 0 Å². The Morgan fingerprint density at radius 3 is 2.79 bits per heavy atom. The number of hydrogen-bond acceptors (Lipinski definition) is 6. The predicted octanol–water partition coefficient (Wildman–Crippen LogP) is 0.818. The Kier molecular flexibility index (Phi) is 3.79. The van der Waals surface area contributed by atoms with E-state index in [-0.39, 0.29) is 0 Å². The zero-order valence-electron chi connectivity index (χ0n) is 11.3. The molecule has 104 valence electrons. The molecule has 6 heteroatoms. The van der Waals surface area contributed by atoms with Crippen LogP contribution in [-0.4, -0.2) is 49.4 Å². The number of nitrogens with zero attached hydrogens (tertiary/aromatic N) is 3. The maximum atomic E-state index is 5.51. The monoisotopic (exact) mass is 264 g/mol. The lowest BCUT2D eigenvalue weighted by Crippen LogP contribution is -2.38. The van der Waals surface area contributed by atoms with Crippen LogP contribution in [0.5, 0.6) is 0 Å². The molecule has 6 nitrogen and oxygen atoms in total. The topological polar surface area (TPSA) is 59.5 Å². The van der Waals surface area contributed by atoms with Gasteiger partial charge in [0.25, 0.3) is 0 Å². The van der Waals surface area contributed by atoms with Crippen molar-refractivity contribution in [1.29, 1.82) is 0 Å². The average molecular weight is 264 g/mol. The summed E-state index contributed by atoms with van der Waals surface area (Å²) in [6.07, 6.45) is 0.869. The summed E-state index contributed by atoms with van der Waals surface area (Å²) in [6, 6.07) is 0. The molecule has 1 aromatic heterocycles. The van der Waals surface area contributed by atoms with Crippen LogP contribution in [0.2, 0.25) is 0 Å². The van der Waals surface area contributed by atoms with Crippen LogP contribution in [0.15, 0.2) is 0 Å². The number of ether oxygens (including phenoxy) is 2. The molecule has 0 bridgehead atoms. The molecule has 0 unspecified atom stereocenters. The van der Waals surface area contributed by atoms with Crippen LogP contribution in [0.25, 0.3) is 0 Å². The fourth-order valence-electron chi connectivity index (χ4n) is 2.44. The number of anilines is 2. The van der Waals surface area contributed by atoms with E-state index in [0.29, 0.717) is 6.61 Å². The molecule has 3 heterocycles. The zero-order valence-corrected chi connectivity index (χ0v) is 11.3. The molecule has 0 aromatic carbocycles. The Hall–Kier alpha value is -1.40. The fourth-order valence-corrected chi connectivity index (χ4v) is 2.44. The molecule has 1 N–H and O–H groups in total. The van der Waals surface area contributed by atoms with E-state index >= 15 is 0 Å². The average Bonchev–Trinajstić information content (AvgIpc) is 2.48. The van der Waals surface area contributed by atoms with E-state index in [9.17, 15) is 0 Å². The largest absolute Gasteiger partial charge is 0.378 e. The van der Waals surface area contributed by atoms with Crippen molar-refractivity contribution in [3.8, 4) is 0 Å². The molecule has 0 saturated carbocycles. The highest BCUT2D eigenvalue weighted by Crippen LogP contribution is 2.25. The predicted molar refractivity (Wildman–Crippen MR) is 72.6 cm³/mol. The van der Waals surface area contributed by atoms with E-state index in [0.717, 1.165) is 68.9 Å². The van der Waals surface area contributed by atoms with Gasteiger partial charge in [0.15, 0.2) is 0 Å². The van der Waals surface area contributed by atoms with Crippen molar-refractivity contribution in [3.05, 3.63) is 11.3 Å². The normalized spacial score (nSPS) is 19.1. The van der Waals surface area contributed by atoms with Crippen molar-refractivity contribution in [1.82, 2.24) is 9.97 Å². The number of rotatable bonds is 3. The highest BCUT2D eigenvalue weighted by molar-refractivity contribution is 5.52. The quantitative estimate of drug-likeness (QED) is 0.872. The summed E-state index contributed by atoms with van der Waals surface area (Å²) in [4.78, 5) is 11.6. The zero-order chi connectivity index (χ0) is 13.1. The fraction of sp³-hybridized carbons (Fsp3) is 0.692. The first-order valence-electron chi connectivity index (χ1n) is 6.92. The third kappa shape index (κ3) is 2.64. The number of nitrogens with one attached hydrogen (secondary N) is 1. The first-order chi connectivity index (χ1) is 9.38. The summed E-state index contributed by atoms with van der Waals surface area (Å²) >= 11 is 0. The van der Waals surface area contributed by atoms with E-state index in [2.05, 4.69) is 22.1 Å². The van der Waals surface area contributed by atoms with Gasteiger partial charge >= 0.3 is 0 Å². The molecular weight excluding hydrogens is 244 g/mol. The van der Waals surface area contributed by atoms with Gasteiger partial charge in [0, 0.05) is 31.6 Å². The van der Waals surface area contributed by atoms with E-state index in [4.69, 9.17) is 14.5 Å². The van der Waals surface area contributed by atoms with Gasteiger partial charge in [-0.1, -0.05) is 0 Å². The van der Waals surface area contributed by atoms with Crippen molar-refractivity contribution in [3.63, 3.8) is 0 Å². The first-order valence-corrected chi connectivity index (χ1v) is 6.92. The van der Waals surface area contributed by atoms with Gasteiger partial charge in [0.1, 0.15) is 5.82 Å². The summed E-state index contributed by atoms with van der Waals surface area (Å²) in [7, 11) is 0. The van der Waals surface area contributed by atoms with Gasteiger partial charge in [0.2, 0.25) is 5.95 Å². The number of aromatic nitrogens is 2. The molecule has 2 aliphatic heterocycles. The van der Waals surface area contributed by atoms with Crippen LogP contribution in [-0.2, 0) is 22.5 Å². The van der Waals surface area contributed by atoms with Gasteiger partial charge in [-0.05, 0) is 6.92 Å². The van der Waals surface area contributed by atoms with Crippen molar-refractivity contribution < 1.29 is 9.47 Å². The molecule has 19 heavy (non-hydrogen) atoms. The van der Waals surface area contributed by atoms with E-state index < -0.39 is 0 Å². The number of fused-ring (bicyclic) bond motifs is 1. The lowest BCUT2D eigenvalue weighted by atomic mass is 10.1. The second kappa shape index (κ2) is 5.71. The minimum Gasteiger partial charge on any atom is -0.378 e. The van der Waals surface area contributed by atoms with Crippen LogP contribution in [0.1, 0.15) is 18.2 Å². The SMILES string of the molecule is CCNc1nc(N2CCOCC2)nc2c1COCC2. The smallest absolute Gasteiger partial charge is 0.227 e. The maximum Gasteiger partial charge on any atom is 0.227 e. The van der Waals surface area contributed by atoms with Gasteiger partial charge in [-0.3, -0.25) is 0 Å². The van der Waals surface area contributed by atoms with Crippen molar-refractivity contribution in [2.24, 2.45) is 0 Å². The molecule has 0 amide bonds. The van der Waals surface area contributed by atoms with Gasteiger partial charge in [0.05, 0.1) is 32.1 Å². The lowest BCUT2D eigenvalue weighted by molar-refractivity contribution is 0.109. The summed E-state index contributed by atoms with van der Waals surface area (Å²) < 4.78 is 10.9. The summed E-state index contributed by atoms with van der Waals surface area (Å²) in [5, 5.41) is 3.33. The highest BCUT2D eigenvalue weighted by Gasteiger charge is 2.21. The minimum atomic E-state index is 0.612. The second-order valence-electron chi connectivity index (χ2n) is 4.73. The van der Waals surface area contributed by atoms with Crippen LogP contribution in [0.3, 0.4) is 0 Å². The second-order valence-corrected chi connectivity index (χ2v) is 4.73. The summed E-state index contributed by atoms with van der Waals surface area (Å²) in [5.41, 5.74) is 2.24. The van der Waals surface area contributed by atoms with Crippen molar-refractivity contribution in [2.75, 3.05) is 49.7 Å². The van der Waals surface area contributed by atoms with Gasteiger partial charge in [-0.15, -0.1) is 0 Å². The van der Waals surface area contributed by atoms with E-state index in [1.165, 1.54) is 0 Å². The Bertz CT molecular complexity index is 447. The molecule has 2 aliphatic rings. The van der Waals surface area contributed by atoms with Crippen molar-refractivity contribution in [2.45, 2.75) is 20.0 Å². The van der Waals surface area contributed by atoms with Crippen molar-refractivity contribution >= 4 is 11.8 Å². The maximum absolute atomic E-state index is 5.51. The van der Waals surface area contributed by atoms with Crippen LogP contribution in [0, 0.1) is 0 Å². The standard InChI is InChI=1S/C13H20N4O2/c1-2-14-12-10-9-19-6-3-11(10)15-13(16-12)17-4-7-18-8-5-17/h2-9H2,1H3,(H,14,15,16). The Balaban J connectivity index is 1.93. The molecule has 1 fully saturated rings. The lowest BCUT2D eigenvalue weighted by Gasteiger charge is -2.29. The molecule has 0 aliphatic carbocycles. The molecule has 0 atom stereocenters. The van der Waals surface area contributed by atoms with Crippen LogP contribution >= 0.6 is 0 Å². The Morgan fingerprint density at radius 1 is 1.16 bits per heavy atom. The highest BCUT2D eigenvalue weighted by atomic mass is 16.5. The van der Waals surface area contributed by atoms with Gasteiger partial charge < -0.3 is 19.7 Å². The third-order valence-electron chi connectivity index (χ3n) is 3.45. The van der Waals surface area contributed by atoms with E-state index in [1.807, 2.05) is 0 Å². The number of morpholine rings is 1. The van der Waals surface area contributed by atoms with Crippen LogP contribution < -0.4 is 10.2 Å². The summed E-state index contributed by atoms with van der Waals surface area (Å²) in [5.74, 6) is 1.74. The first kappa shape index (κ1) is 12.6. The Morgan fingerprint density at radius 2 is 2.00 bits per heavy atom. The molecule has 0 spiro atoms. The Labute approximate surface area is 113 Å². The number of hydrogen-bond donors (Lipinski definition) is 1. The van der Waals surface area contributed by atoms with Crippen LogP contribution in [0.4, 0.5) is 11.8 Å². The van der Waals surface area contributed by atoms with Gasteiger partial charge in [-0.25, -0.2) is 4.98 Å². The molecular formula is C13H20N4O2. The molecule has 3 rings (SSSR count).